The molecule has 0 amide bonds. The van der Waals surface area contributed by atoms with Crippen molar-refractivity contribution in [2.75, 3.05) is 20.1 Å². The Morgan fingerprint density at radius 1 is 1.19 bits per heavy atom. The van der Waals surface area contributed by atoms with Crippen molar-refractivity contribution in [3.8, 4) is 5.88 Å². The number of ether oxygens (including phenoxy) is 1. The molecule has 1 aliphatic heterocycles. The van der Waals surface area contributed by atoms with Crippen LogP contribution in [0.2, 0.25) is 0 Å². The maximum atomic E-state index is 5.81. The third-order valence-electron chi connectivity index (χ3n) is 4.77. The Labute approximate surface area is 156 Å². The van der Waals surface area contributed by atoms with Crippen molar-refractivity contribution in [3.63, 3.8) is 0 Å². The predicted octanol–water partition coefficient (Wildman–Crippen LogP) is 3.47. The van der Waals surface area contributed by atoms with E-state index in [0.717, 1.165) is 36.1 Å². The number of rotatable bonds is 5. The zero-order valence-electron chi connectivity index (χ0n) is 15.7. The summed E-state index contributed by atoms with van der Waals surface area (Å²) in [5.74, 6) is 2.43. The largest absolute Gasteiger partial charge is 0.473 e. The first-order chi connectivity index (χ1) is 12.7. The van der Waals surface area contributed by atoms with Crippen LogP contribution in [0.15, 0.2) is 53.7 Å². The quantitative estimate of drug-likeness (QED) is 0.661. The molecule has 1 aromatic heterocycles. The van der Waals surface area contributed by atoms with Gasteiger partial charge in [-0.3, -0.25) is 4.99 Å². The maximum Gasteiger partial charge on any atom is 0.213 e. The van der Waals surface area contributed by atoms with E-state index in [0.29, 0.717) is 19.0 Å². The number of guanidine groups is 1. The lowest BCUT2D eigenvalue weighted by molar-refractivity contribution is 0.273. The Kier molecular flexibility index (Phi) is 6.47. The van der Waals surface area contributed by atoms with Gasteiger partial charge in [0.25, 0.3) is 0 Å². The minimum absolute atomic E-state index is 0.526. The van der Waals surface area contributed by atoms with Crippen LogP contribution in [0.5, 0.6) is 5.88 Å². The van der Waals surface area contributed by atoms with Crippen molar-refractivity contribution in [1.29, 1.82) is 0 Å². The molecule has 1 aliphatic rings. The zero-order valence-corrected chi connectivity index (χ0v) is 15.7. The number of hydrogen-bond acceptors (Lipinski definition) is 3. The van der Waals surface area contributed by atoms with Gasteiger partial charge in [-0.15, -0.1) is 0 Å². The first-order valence-electron chi connectivity index (χ1n) is 9.32. The average Bonchev–Trinajstić information content (AvgIpc) is 2.69. The smallest absolute Gasteiger partial charge is 0.213 e. The first kappa shape index (κ1) is 18.2. The molecule has 0 atom stereocenters. The molecule has 5 nitrogen and oxygen atoms in total. The molecule has 0 saturated carbocycles. The van der Waals surface area contributed by atoms with Gasteiger partial charge in [-0.2, -0.15) is 0 Å². The number of benzene rings is 1. The highest BCUT2D eigenvalue weighted by molar-refractivity contribution is 5.79. The molecule has 0 aliphatic carbocycles. The Morgan fingerprint density at radius 2 is 1.96 bits per heavy atom. The van der Waals surface area contributed by atoms with Crippen LogP contribution in [-0.4, -0.2) is 36.0 Å². The van der Waals surface area contributed by atoms with Crippen LogP contribution in [0.3, 0.4) is 0 Å². The van der Waals surface area contributed by atoms with Crippen LogP contribution in [0.1, 0.15) is 30.9 Å². The Balaban J connectivity index is 1.53. The summed E-state index contributed by atoms with van der Waals surface area (Å²) in [7, 11) is 1.85. The van der Waals surface area contributed by atoms with Crippen LogP contribution in [0.25, 0.3) is 0 Å². The zero-order chi connectivity index (χ0) is 18.2. The van der Waals surface area contributed by atoms with Gasteiger partial charge >= 0.3 is 0 Å². The second-order valence-corrected chi connectivity index (χ2v) is 6.85. The number of likely N-dealkylation sites (tertiary alicyclic amines) is 1. The molecule has 3 rings (SSSR count). The normalized spacial score (nSPS) is 15.8. The predicted molar refractivity (Wildman–Crippen MR) is 105 cm³/mol. The lowest BCUT2D eigenvalue weighted by atomic mass is 10.00. The molecule has 0 radical (unpaired) electrons. The van der Waals surface area contributed by atoms with E-state index in [1.165, 1.54) is 12.8 Å². The molecule has 0 unspecified atom stereocenters. The number of aromatic nitrogens is 1. The molecule has 138 valence electrons. The number of nitrogens with one attached hydrogen (secondary N) is 1. The summed E-state index contributed by atoms with van der Waals surface area (Å²) < 4.78 is 5.81. The van der Waals surface area contributed by atoms with Crippen molar-refractivity contribution in [1.82, 2.24) is 15.2 Å². The van der Waals surface area contributed by atoms with Crippen molar-refractivity contribution < 1.29 is 4.74 Å². The number of piperidine rings is 1. The summed E-state index contributed by atoms with van der Waals surface area (Å²) in [6.45, 7) is 5.70. The fourth-order valence-corrected chi connectivity index (χ4v) is 3.10. The number of hydrogen-bond donors (Lipinski definition) is 1. The Hall–Kier alpha value is -2.56. The van der Waals surface area contributed by atoms with Gasteiger partial charge in [0.1, 0.15) is 6.61 Å². The molecule has 1 N–H and O–H groups in total. The molecule has 0 spiro atoms. The molecule has 26 heavy (non-hydrogen) atoms. The third-order valence-corrected chi connectivity index (χ3v) is 4.77. The monoisotopic (exact) mass is 352 g/mol. The summed E-state index contributed by atoms with van der Waals surface area (Å²) in [4.78, 5) is 11.1. The van der Waals surface area contributed by atoms with Crippen molar-refractivity contribution >= 4 is 5.96 Å². The molecule has 0 bridgehead atoms. The fraction of sp³-hybridized carbons (Fsp3) is 0.429. The number of pyridine rings is 1. The molecular weight excluding hydrogens is 324 g/mol. The van der Waals surface area contributed by atoms with Crippen LogP contribution < -0.4 is 10.1 Å². The van der Waals surface area contributed by atoms with E-state index in [-0.39, 0.29) is 0 Å². The second kappa shape index (κ2) is 9.22. The average molecular weight is 352 g/mol. The van der Waals surface area contributed by atoms with Crippen molar-refractivity contribution in [3.05, 3.63) is 59.8 Å². The second-order valence-electron chi connectivity index (χ2n) is 6.85. The van der Waals surface area contributed by atoms with Crippen LogP contribution in [0.4, 0.5) is 0 Å². The minimum atomic E-state index is 0.526. The third kappa shape index (κ3) is 5.22. The van der Waals surface area contributed by atoms with Crippen LogP contribution in [-0.2, 0) is 13.2 Å². The van der Waals surface area contributed by atoms with Crippen molar-refractivity contribution in [2.45, 2.75) is 32.9 Å². The Bertz CT molecular complexity index is 709. The van der Waals surface area contributed by atoms with E-state index in [9.17, 15) is 0 Å². The lowest BCUT2D eigenvalue weighted by Crippen LogP contribution is -2.45. The van der Waals surface area contributed by atoms with Crippen LogP contribution >= 0.6 is 0 Å². The van der Waals surface area contributed by atoms with Gasteiger partial charge in [-0.05, 0) is 36.0 Å². The van der Waals surface area contributed by atoms with Crippen molar-refractivity contribution in [2.24, 2.45) is 10.9 Å². The SMILES string of the molecule is CN=C(NCc1ccnc(OCc2ccccc2)c1)N1CCC(C)CC1. The molecular formula is C21H28N4O. The molecule has 1 fully saturated rings. The molecule has 2 heterocycles. The van der Waals surface area contributed by atoms with Gasteiger partial charge in [0.15, 0.2) is 5.96 Å². The topological polar surface area (TPSA) is 49.8 Å². The summed E-state index contributed by atoms with van der Waals surface area (Å²) in [5, 5.41) is 3.46. The lowest BCUT2D eigenvalue weighted by Gasteiger charge is -2.32. The summed E-state index contributed by atoms with van der Waals surface area (Å²) in [6.07, 6.45) is 4.25. The maximum absolute atomic E-state index is 5.81. The van der Waals surface area contributed by atoms with E-state index in [1.54, 1.807) is 6.20 Å². The molecule has 2 aromatic rings. The van der Waals surface area contributed by atoms with E-state index in [1.807, 2.05) is 37.4 Å². The van der Waals surface area contributed by atoms with E-state index in [2.05, 4.69) is 39.2 Å². The number of aliphatic imine (C=N–C) groups is 1. The molecule has 1 saturated heterocycles. The van der Waals surface area contributed by atoms with E-state index in [4.69, 9.17) is 4.74 Å². The molecule has 5 heteroatoms. The highest BCUT2D eigenvalue weighted by Gasteiger charge is 2.18. The highest BCUT2D eigenvalue weighted by atomic mass is 16.5. The molecule has 1 aromatic carbocycles. The Morgan fingerprint density at radius 3 is 2.69 bits per heavy atom. The summed E-state index contributed by atoms with van der Waals surface area (Å²) >= 11 is 0. The van der Waals surface area contributed by atoms with Gasteiger partial charge in [0, 0.05) is 38.9 Å². The van der Waals surface area contributed by atoms with Gasteiger partial charge < -0.3 is 15.0 Å². The van der Waals surface area contributed by atoms with Gasteiger partial charge in [0.05, 0.1) is 0 Å². The fourth-order valence-electron chi connectivity index (χ4n) is 3.10. The van der Waals surface area contributed by atoms with Gasteiger partial charge in [-0.1, -0.05) is 37.3 Å². The minimum Gasteiger partial charge on any atom is -0.473 e. The summed E-state index contributed by atoms with van der Waals surface area (Å²) in [6, 6.07) is 14.1. The highest BCUT2D eigenvalue weighted by Crippen LogP contribution is 2.16. The van der Waals surface area contributed by atoms with E-state index >= 15 is 0 Å². The first-order valence-corrected chi connectivity index (χ1v) is 9.32. The standard InChI is InChI=1S/C21H28N4O/c1-17-9-12-25(13-10-17)21(22-2)24-15-19-8-11-23-20(14-19)26-16-18-6-4-3-5-7-18/h3-8,11,14,17H,9-10,12-13,15-16H2,1-2H3,(H,22,24). The summed E-state index contributed by atoms with van der Waals surface area (Å²) in [5.41, 5.74) is 2.27. The van der Waals surface area contributed by atoms with Crippen LogP contribution in [0, 0.1) is 5.92 Å². The van der Waals surface area contributed by atoms with E-state index < -0.39 is 0 Å². The van der Waals surface area contributed by atoms with Gasteiger partial charge in [0.2, 0.25) is 5.88 Å². The number of nitrogens with zero attached hydrogens (tertiary/aromatic N) is 3. The van der Waals surface area contributed by atoms with Gasteiger partial charge in [-0.25, -0.2) is 4.98 Å².